The van der Waals surface area contributed by atoms with Crippen LogP contribution in [0.5, 0.6) is 0 Å². The molecule has 2 saturated heterocycles. The third-order valence-corrected chi connectivity index (χ3v) is 9.61. The first-order chi connectivity index (χ1) is 22.1. The number of benzene rings is 1. The zero-order valence-electron chi connectivity index (χ0n) is 26.8. The lowest BCUT2D eigenvalue weighted by Crippen LogP contribution is -2.55. The lowest BCUT2D eigenvalue weighted by molar-refractivity contribution is -0.121. The Morgan fingerprint density at radius 1 is 1.04 bits per heavy atom. The average Bonchev–Trinajstić information content (AvgIpc) is 3.52. The van der Waals surface area contributed by atoms with Crippen molar-refractivity contribution in [1.82, 2.24) is 34.2 Å². The van der Waals surface area contributed by atoms with E-state index in [9.17, 15) is 14.0 Å². The van der Waals surface area contributed by atoms with Crippen molar-refractivity contribution in [2.24, 2.45) is 7.05 Å². The third-order valence-electron chi connectivity index (χ3n) is 9.61. The molecule has 4 aromatic rings. The fourth-order valence-electron chi connectivity index (χ4n) is 6.88. The highest BCUT2D eigenvalue weighted by molar-refractivity contribution is 6.06. The van der Waals surface area contributed by atoms with Gasteiger partial charge in [0.15, 0.2) is 0 Å². The fourth-order valence-corrected chi connectivity index (χ4v) is 6.88. The quantitative estimate of drug-likeness (QED) is 0.275. The average molecular weight is 630 g/mol. The Morgan fingerprint density at radius 2 is 1.85 bits per heavy atom. The molecule has 0 spiro atoms. The molecule has 0 N–H and O–H groups in total. The van der Waals surface area contributed by atoms with Crippen LogP contribution >= 0.6 is 0 Å². The van der Waals surface area contributed by atoms with Crippen molar-refractivity contribution in [2.75, 3.05) is 56.2 Å². The van der Waals surface area contributed by atoms with Gasteiger partial charge in [0.2, 0.25) is 5.91 Å². The number of carbonyl (C=O) groups is 1. The SMILES string of the molecule is CN1C(=O)C(C)(C)c2ncc(CCn3c(CCc4nncn4C)nc4cc(N5CCO[C@H](CN6CC(F)C6)C5)ccc4c3=O)cc21. The Balaban J connectivity index is 1.16. The van der Waals surface area contributed by atoms with Gasteiger partial charge in [0.25, 0.3) is 5.56 Å². The molecular weight excluding hydrogens is 589 g/mol. The van der Waals surface area contributed by atoms with E-state index in [4.69, 9.17) is 9.72 Å². The van der Waals surface area contributed by atoms with Gasteiger partial charge in [0.1, 0.15) is 24.1 Å². The first kappa shape index (κ1) is 30.4. The van der Waals surface area contributed by atoms with Gasteiger partial charge in [-0.3, -0.25) is 24.0 Å². The highest BCUT2D eigenvalue weighted by Crippen LogP contribution is 2.39. The number of ether oxygens (including phenoxy) is 1. The summed E-state index contributed by atoms with van der Waals surface area (Å²) < 4.78 is 23.0. The lowest BCUT2D eigenvalue weighted by atomic mass is 9.90. The van der Waals surface area contributed by atoms with Crippen LogP contribution in [-0.4, -0.2) is 98.8 Å². The number of amides is 1. The van der Waals surface area contributed by atoms with E-state index in [1.165, 1.54) is 0 Å². The Bertz CT molecular complexity index is 1850. The third kappa shape index (κ3) is 5.55. The van der Waals surface area contributed by atoms with Gasteiger partial charge in [0.05, 0.1) is 40.4 Å². The maximum Gasteiger partial charge on any atom is 0.261 e. The molecule has 0 bridgehead atoms. The first-order valence-electron chi connectivity index (χ1n) is 16.0. The fraction of sp³-hybridized carbons (Fsp3) is 0.515. The molecule has 0 saturated carbocycles. The minimum absolute atomic E-state index is 0.00227. The van der Waals surface area contributed by atoms with Gasteiger partial charge in [-0.2, -0.15) is 0 Å². The van der Waals surface area contributed by atoms with Gasteiger partial charge in [-0.1, -0.05) is 0 Å². The summed E-state index contributed by atoms with van der Waals surface area (Å²) in [6.45, 7) is 7.88. The van der Waals surface area contributed by atoms with E-state index in [0.717, 1.165) is 35.0 Å². The van der Waals surface area contributed by atoms with Crippen molar-refractivity contribution in [1.29, 1.82) is 0 Å². The van der Waals surface area contributed by atoms with Crippen LogP contribution in [0.1, 0.15) is 36.8 Å². The van der Waals surface area contributed by atoms with Crippen LogP contribution < -0.4 is 15.4 Å². The maximum atomic E-state index is 14.0. The number of hydrogen-bond donors (Lipinski definition) is 0. The summed E-state index contributed by atoms with van der Waals surface area (Å²) in [5.74, 6) is 1.51. The summed E-state index contributed by atoms with van der Waals surface area (Å²) in [5.41, 5.74) is 3.41. The molecule has 1 atom stereocenters. The lowest BCUT2D eigenvalue weighted by Gasteiger charge is -2.40. The predicted octanol–water partition coefficient (Wildman–Crippen LogP) is 2.06. The summed E-state index contributed by atoms with van der Waals surface area (Å²) in [4.78, 5) is 42.6. The van der Waals surface area contributed by atoms with E-state index in [1.54, 1.807) is 22.8 Å². The second-order valence-corrected chi connectivity index (χ2v) is 13.2. The molecule has 7 rings (SSSR count). The predicted molar refractivity (Wildman–Crippen MR) is 172 cm³/mol. The van der Waals surface area contributed by atoms with Crippen LogP contribution in [-0.2, 0) is 47.8 Å². The number of likely N-dealkylation sites (tertiary alicyclic amines) is 1. The molecular formula is C33H40FN9O3. The number of anilines is 2. The van der Waals surface area contributed by atoms with Gasteiger partial charge in [-0.25, -0.2) is 9.37 Å². The summed E-state index contributed by atoms with van der Waals surface area (Å²) in [6.07, 6.45) is 4.39. The van der Waals surface area contributed by atoms with Crippen molar-refractivity contribution >= 4 is 28.2 Å². The highest BCUT2D eigenvalue weighted by atomic mass is 19.1. The van der Waals surface area contributed by atoms with Gasteiger partial charge in [0, 0.05) is 78.1 Å². The van der Waals surface area contributed by atoms with E-state index in [0.29, 0.717) is 75.3 Å². The van der Waals surface area contributed by atoms with Gasteiger partial charge < -0.3 is 19.1 Å². The molecule has 3 aliphatic heterocycles. The largest absolute Gasteiger partial charge is 0.373 e. The molecule has 0 radical (unpaired) electrons. The molecule has 6 heterocycles. The molecule has 0 unspecified atom stereocenters. The van der Waals surface area contributed by atoms with Crippen molar-refractivity contribution in [3.8, 4) is 0 Å². The van der Waals surface area contributed by atoms with Crippen LogP contribution in [0.2, 0.25) is 0 Å². The standard InChI is InChI=1S/C33H40FN9O3/c1-33(2)30-27(40(4)32(33)45)13-21(15-35-30)9-10-43-28(7-8-29-38-36-20-39(29)3)37-26-14-23(5-6-25(26)31(43)44)42-11-12-46-24(19-42)18-41-16-22(34)17-41/h5-6,13-15,20,22,24H,7-12,16-19H2,1-4H3/t24-/m1/s1. The van der Waals surface area contributed by atoms with Crippen LogP contribution in [0.15, 0.2) is 41.6 Å². The molecule has 3 aliphatic rings. The van der Waals surface area contributed by atoms with E-state index < -0.39 is 11.6 Å². The number of halogens is 1. The van der Waals surface area contributed by atoms with Crippen molar-refractivity contribution < 1.29 is 13.9 Å². The Morgan fingerprint density at radius 3 is 2.61 bits per heavy atom. The number of aryl methyl sites for hydroxylation is 4. The number of fused-ring (bicyclic) bond motifs is 2. The topological polar surface area (TPSA) is 115 Å². The number of carbonyl (C=O) groups excluding carboxylic acids is 1. The summed E-state index contributed by atoms with van der Waals surface area (Å²) in [5, 5.41) is 8.79. The number of rotatable bonds is 9. The number of hydrogen-bond acceptors (Lipinski definition) is 9. The van der Waals surface area contributed by atoms with E-state index >= 15 is 0 Å². The van der Waals surface area contributed by atoms with Crippen molar-refractivity contribution in [3.63, 3.8) is 0 Å². The van der Waals surface area contributed by atoms with E-state index in [1.807, 2.05) is 55.9 Å². The number of aromatic nitrogens is 6. The number of alkyl halides is 1. The molecule has 0 aliphatic carbocycles. The van der Waals surface area contributed by atoms with Crippen LogP contribution in [0.3, 0.4) is 0 Å². The summed E-state index contributed by atoms with van der Waals surface area (Å²) in [6, 6.07) is 7.86. The molecule has 1 aromatic carbocycles. The molecule has 2 fully saturated rings. The minimum Gasteiger partial charge on any atom is -0.373 e. The second kappa shape index (κ2) is 11.8. The maximum absolute atomic E-state index is 14.0. The van der Waals surface area contributed by atoms with Crippen molar-refractivity contribution in [3.05, 3.63) is 70.0 Å². The van der Waals surface area contributed by atoms with Gasteiger partial charge in [-0.05, 0) is 50.1 Å². The molecule has 13 heteroatoms. The molecule has 12 nitrogen and oxygen atoms in total. The molecule has 1 amide bonds. The Kier molecular flexibility index (Phi) is 7.84. The van der Waals surface area contributed by atoms with E-state index in [2.05, 4.69) is 25.0 Å². The number of pyridine rings is 1. The summed E-state index contributed by atoms with van der Waals surface area (Å²) in [7, 11) is 3.68. The normalized spacial score (nSPS) is 20.0. The second-order valence-electron chi connectivity index (χ2n) is 13.2. The monoisotopic (exact) mass is 629 g/mol. The Labute approximate surface area is 266 Å². The highest BCUT2D eigenvalue weighted by Gasteiger charge is 2.43. The summed E-state index contributed by atoms with van der Waals surface area (Å²) >= 11 is 0. The van der Waals surface area contributed by atoms with Crippen molar-refractivity contribution in [2.45, 2.75) is 57.3 Å². The van der Waals surface area contributed by atoms with E-state index in [-0.39, 0.29) is 17.6 Å². The van der Waals surface area contributed by atoms with Crippen LogP contribution in [0.4, 0.5) is 15.8 Å². The minimum atomic E-state index is -0.733. The number of nitrogens with zero attached hydrogens (tertiary/aromatic N) is 9. The first-order valence-corrected chi connectivity index (χ1v) is 16.0. The van der Waals surface area contributed by atoms with Gasteiger partial charge >= 0.3 is 0 Å². The number of morpholine rings is 1. The smallest absolute Gasteiger partial charge is 0.261 e. The zero-order chi connectivity index (χ0) is 32.2. The van der Waals surface area contributed by atoms with Gasteiger partial charge in [-0.15, -0.1) is 10.2 Å². The molecule has 46 heavy (non-hydrogen) atoms. The number of likely N-dealkylation sites (N-methyl/N-ethyl adjacent to an activating group) is 1. The zero-order valence-corrected chi connectivity index (χ0v) is 26.8. The van der Waals surface area contributed by atoms with Crippen LogP contribution in [0.25, 0.3) is 10.9 Å². The molecule has 3 aromatic heterocycles. The van der Waals surface area contributed by atoms with Crippen LogP contribution in [0, 0.1) is 0 Å². The molecule has 242 valence electrons. The Hall–Kier alpha value is -4.23.